The second-order valence-corrected chi connectivity index (χ2v) is 5.60. The fourth-order valence-corrected chi connectivity index (χ4v) is 2.23. The van der Waals surface area contributed by atoms with E-state index in [9.17, 15) is 4.79 Å². The first-order valence-electron chi connectivity index (χ1n) is 6.95. The first-order chi connectivity index (χ1) is 9.47. The van der Waals surface area contributed by atoms with Crippen molar-refractivity contribution in [2.24, 2.45) is 5.73 Å². The fourth-order valence-electron chi connectivity index (χ4n) is 2.23. The van der Waals surface area contributed by atoms with E-state index in [4.69, 9.17) is 5.73 Å². The summed E-state index contributed by atoms with van der Waals surface area (Å²) in [6, 6.07) is 6.00. The van der Waals surface area contributed by atoms with Gasteiger partial charge in [0.25, 0.3) is 0 Å². The molecule has 20 heavy (non-hydrogen) atoms. The summed E-state index contributed by atoms with van der Waals surface area (Å²) in [5.41, 5.74) is 10.7. The maximum atomic E-state index is 11.3. The lowest BCUT2D eigenvalue weighted by atomic mass is 10.0. The van der Waals surface area contributed by atoms with Gasteiger partial charge in [-0.05, 0) is 50.8 Å². The van der Waals surface area contributed by atoms with Crippen LogP contribution in [0.5, 0.6) is 0 Å². The fraction of sp³-hybridized carbons (Fsp3) is 0.353. The predicted octanol–water partition coefficient (Wildman–Crippen LogP) is 3.14. The van der Waals surface area contributed by atoms with E-state index in [0.717, 1.165) is 22.9 Å². The van der Waals surface area contributed by atoms with Crippen molar-refractivity contribution in [1.82, 2.24) is 4.98 Å². The van der Waals surface area contributed by atoms with Gasteiger partial charge in [0.15, 0.2) is 0 Å². The van der Waals surface area contributed by atoms with Gasteiger partial charge < -0.3 is 10.7 Å². The summed E-state index contributed by atoms with van der Waals surface area (Å²) in [6.07, 6.45) is 5.71. The molecule has 1 atom stereocenters. The van der Waals surface area contributed by atoms with Gasteiger partial charge >= 0.3 is 0 Å². The number of nitrogens with one attached hydrogen (secondary N) is 1. The molecule has 1 aromatic carbocycles. The van der Waals surface area contributed by atoms with E-state index in [1.807, 2.05) is 6.20 Å². The monoisotopic (exact) mass is 270 g/mol. The van der Waals surface area contributed by atoms with Gasteiger partial charge in [0.1, 0.15) is 5.78 Å². The molecule has 3 N–H and O–H groups in total. The SMILES string of the molecule is CC(=O)[C@@H](N)Cc1c[nH]c2cc(CC=C(C)C)ccc12. The summed E-state index contributed by atoms with van der Waals surface area (Å²) in [4.78, 5) is 14.5. The smallest absolute Gasteiger partial charge is 0.146 e. The Kier molecular flexibility index (Phi) is 4.40. The van der Waals surface area contributed by atoms with Gasteiger partial charge in [0, 0.05) is 17.1 Å². The van der Waals surface area contributed by atoms with Crippen LogP contribution in [-0.4, -0.2) is 16.8 Å². The van der Waals surface area contributed by atoms with Crippen molar-refractivity contribution in [1.29, 1.82) is 0 Å². The number of rotatable bonds is 5. The van der Waals surface area contributed by atoms with Gasteiger partial charge in [-0.2, -0.15) is 0 Å². The number of fused-ring (bicyclic) bond motifs is 1. The molecule has 0 spiro atoms. The summed E-state index contributed by atoms with van der Waals surface area (Å²) in [5, 5.41) is 1.16. The molecular formula is C17H22N2O. The topological polar surface area (TPSA) is 58.9 Å². The number of aromatic nitrogens is 1. The lowest BCUT2D eigenvalue weighted by Gasteiger charge is -2.06. The highest BCUT2D eigenvalue weighted by Gasteiger charge is 2.12. The van der Waals surface area contributed by atoms with Crippen LogP contribution >= 0.6 is 0 Å². The van der Waals surface area contributed by atoms with Crippen LogP contribution in [0, 0.1) is 0 Å². The average Bonchev–Trinajstić information content (AvgIpc) is 2.78. The lowest BCUT2D eigenvalue weighted by Crippen LogP contribution is -2.30. The number of carbonyl (C=O) groups is 1. The van der Waals surface area contributed by atoms with Gasteiger partial charge in [0.05, 0.1) is 6.04 Å². The first-order valence-corrected chi connectivity index (χ1v) is 6.95. The molecule has 0 radical (unpaired) electrons. The Morgan fingerprint density at radius 3 is 2.75 bits per heavy atom. The van der Waals surface area contributed by atoms with Crippen LogP contribution in [-0.2, 0) is 17.6 Å². The van der Waals surface area contributed by atoms with E-state index in [0.29, 0.717) is 6.42 Å². The van der Waals surface area contributed by atoms with Crippen molar-refractivity contribution < 1.29 is 4.79 Å². The molecule has 1 aromatic heterocycles. The number of nitrogens with two attached hydrogens (primary N) is 1. The number of ketones is 1. The summed E-state index contributed by atoms with van der Waals surface area (Å²) in [5.74, 6) is 0.0273. The Balaban J connectivity index is 2.24. The standard InChI is InChI=1S/C17H22N2O/c1-11(2)4-5-13-6-7-15-14(9-16(18)12(3)20)10-19-17(15)8-13/h4,6-8,10,16,19H,5,9,18H2,1-3H3/t16-/m0/s1. The second-order valence-electron chi connectivity index (χ2n) is 5.60. The van der Waals surface area contributed by atoms with Crippen molar-refractivity contribution in [3.05, 3.63) is 47.2 Å². The summed E-state index contributed by atoms with van der Waals surface area (Å²) >= 11 is 0. The molecule has 0 saturated carbocycles. The van der Waals surface area contributed by atoms with E-state index in [1.165, 1.54) is 18.1 Å². The van der Waals surface area contributed by atoms with Gasteiger partial charge in [-0.1, -0.05) is 23.8 Å². The van der Waals surface area contributed by atoms with Gasteiger partial charge in [-0.3, -0.25) is 4.79 Å². The summed E-state index contributed by atoms with van der Waals surface area (Å²) in [7, 11) is 0. The van der Waals surface area contributed by atoms with E-state index in [-0.39, 0.29) is 5.78 Å². The molecule has 1 heterocycles. The molecule has 0 aliphatic carbocycles. The zero-order valence-electron chi connectivity index (χ0n) is 12.4. The number of allylic oxidation sites excluding steroid dienone is 2. The highest BCUT2D eigenvalue weighted by molar-refractivity contribution is 5.86. The van der Waals surface area contributed by atoms with Crippen LogP contribution in [0.3, 0.4) is 0 Å². The maximum absolute atomic E-state index is 11.3. The molecule has 0 saturated heterocycles. The number of Topliss-reactive ketones (excluding diaryl/α,β-unsaturated/α-hetero) is 1. The Morgan fingerprint density at radius 1 is 1.35 bits per heavy atom. The van der Waals surface area contributed by atoms with Crippen LogP contribution in [0.4, 0.5) is 0 Å². The minimum Gasteiger partial charge on any atom is -0.361 e. The summed E-state index contributed by atoms with van der Waals surface area (Å²) < 4.78 is 0. The lowest BCUT2D eigenvalue weighted by molar-refractivity contribution is -0.118. The molecule has 2 rings (SSSR count). The minimum absolute atomic E-state index is 0.0273. The molecule has 0 bridgehead atoms. The zero-order chi connectivity index (χ0) is 14.7. The van der Waals surface area contributed by atoms with Crippen LogP contribution in [0.2, 0.25) is 0 Å². The van der Waals surface area contributed by atoms with Crippen LogP contribution in [0.1, 0.15) is 31.9 Å². The van der Waals surface area contributed by atoms with Crippen molar-refractivity contribution in [3.8, 4) is 0 Å². The van der Waals surface area contributed by atoms with E-state index in [1.54, 1.807) is 0 Å². The Hall–Kier alpha value is -1.87. The second kappa shape index (κ2) is 6.06. The molecule has 0 aliphatic heterocycles. The number of benzene rings is 1. The molecule has 106 valence electrons. The molecule has 0 unspecified atom stereocenters. The van der Waals surface area contributed by atoms with Gasteiger partial charge in [-0.15, -0.1) is 0 Å². The van der Waals surface area contributed by atoms with E-state index < -0.39 is 6.04 Å². The summed E-state index contributed by atoms with van der Waals surface area (Å²) in [6.45, 7) is 5.75. The molecule has 3 heteroatoms. The number of aromatic amines is 1. The molecule has 0 amide bonds. The number of carbonyl (C=O) groups excluding carboxylic acids is 1. The van der Waals surface area contributed by atoms with Gasteiger partial charge in [-0.25, -0.2) is 0 Å². The molecule has 0 aliphatic rings. The van der Waals surface area contributed by atoms with Crippen molar-refractivity contribution in [2.75, 3.05) is 0 Å². The third-order valence-electron chi connectivity index (χ3n) is 3.54. The molecular weight excluding hydrogens is 248 g/mol. The van der Waals surface area contributed by atoms with E-state index in [2.05, 4.69) is 43.1 Å². The largest absolute Gasteiger partial charge is 0.361 e. The Labute approximate surface area is 119 Å². The van der Waals surface area contributed by atoms with Crippen molar-refractivity contribution in [3.63, 3.8) is 0 Å². The zero-order valence-corrected chi connectivity index (χ0v) is 12.4. The highest BCUT2D eigenvalue weighted by Crippen LogP contribution is 2.21. The van der Waals surface area contributed by atoms with Crippen LogP contribution in [0.15, 0.2) is 36.0 Å². The molecule has 2 aromatic rings. The third kappa shape index (κ3) is 3.36. The average molecular weight is 270 g/mol. The number of hydrogen-bond acceptors (Lipinski definition) is 2. The Morgan fingerprint density at radius 2 is 2.10 bits per heavy atom. The number of hydrogen-bond donors (Lipinski definition) is 2. The van der Waals surface area contributed by atoms with Gasteiger partial charge in [0.2, 0.25) is 0 Å². The minimum atomic E-state index is -0.417. The van der Waals surface area contributed by atoms with Crippen molar-refractivity contribution in [2.45, 2.75) is 39.7 Å². The Bertz CT molecular complexity index is 648. The van der Waals surface area contributed by atoms with E-state index >= 15 is 0 Å². The molecule has 0 fully saturated rings. The quantitative estimate of drug-likeness (QED) is 0.820. The highest BCUT2D eigenvalue weighted by atomic mass is 16.1. The first kappa shape index (κ1) is 14.5. The predicted molar refractivity (Wildman–Crippen MR) is 83.8 cm³/mol. The molecule has 3 nitrogen and oxygen atoms in total. The maximum Gasteiger partial charge on any atom is 0.146 e. The van der Waals surface area contributed by atoms with Crippen molar-refractivity contribution >= 4 is 16.7 Å². The van der Waals surface area contributed by atoms with Crippen LogP contribution < -0.4 is 5.73 Å². The number of H-pyrrole nitrogens is 1. The van der Waals surface area contributed by atoms with Crippen LogP contribution in [0.25, 0.3) is 10.9 Å². The third-order valence-corrected chi connectivity index (χ3v) is 3.54. The normalized spacial score (nSPS) is 12.4.